The molecule has 6 heteroatoms. The molecule has 0 aliphatic carbocycles. The first-order valence-electron chi connectivity index (χ1n) is 7.87. The third-order valence-electron chi connectivity index (χ3n) is 4.12. The van der Waals surface area contributed by atoms with E-state index in [0.717, 1.165) is 37.5 Å². The van der Waals surface area contributed by atoms with Crippen molar-refractivity contribution >= 4 is 43.2 Å². The Morgan fingerprint density at radius 3 is 2.64 bits per heavy atom. The third-order valence-corrected chi connectivity index (χ3v) is 5.83. The number of thiazole rings is 2. The zero-order valence-corrected chi connectivity index (χ0v) is 15.8. The van der Waals surface area contributed by atoms with Crippen molar-refractivity contribution in [2.45, 2.75) is 13.8 Å². The second kappa shape index (κ2) is 6.46. The molecule has 2 aromatic heterocycles. The predicted molar refractivity (Wildman–Crippen MR) is 106 cm³/mol. The van der Waals surface area contributed by atoms with Gasteiger partial charge in [-0.1, -0.05) is 23.5 Å². The Kier molecular flexibility index (Phi) is 4.15. The highest BCUT2D eigenvalue weighted by molar-refractivity contribution is 7.22. The summed E-state index contributed by atoms with van der Waals surface area (Å²) >= 11 is 3.20. The van der Waals surface area contributed by atoms with Crippen molar-refractivity contribution in [2.75, 3.05) is 12.4 Å². The quantitative estimate of drug-likeness (QED) is 0.496. The van der Waals surface area contributed by atoms with Gasteiger partial charge in [0.1, 0.15) is 5.75 Å². The zero-order chi connectivity index (χ0) is 17.4. The molecule has 0 amide bonds. The molecule has 0 aliphatic rings. The summed E-state index contributed by atoms with van der Waals surface area (Å²) < 4.78 is 6.37. The molecule has 0 bridgehead atoms. The Bertz CT molecular complexity index is 1050. The maximum absolute atomic E-state index is 5.25. The van der Waals surface area contributed by atoms with Crippen LogP contribution in [0.2, 0.25) is 0 Å². The second-order valence-electron chi connectivity index (χ2n) is 5.81. The van der Waals surface area contributed by atoms with E-state index in [1.165, 1.54) is 11.1 Å². The molecule has 0 unspecified atom stereocenters. The summed E-state index contributed by atoms with van der Waals surface area (Å²) in [5, 5.41) is 7.08. The fourth-order valence-electron chi connectivity index (χ4n) is 2.54. The summed E-state index contributed by atoms with van der Waals surface area (Å²) in [5.74, 6) is 0.815. The van der Waals surface area contributed by atoms with Gasteiger partial charge in [0.15, 0.2) is 10.3 Å². The normalized spacial score (nSPS) is 11.0. The molecule has 2 heterocycles. The molecule has 0 aliphatic heterocycles. The Labute approximate surface area is 154 Å². The highest BCUT2D eigenvalue weighted by Crippen LogP contribution is 2.33. The lowest BCUT2D eigenvalue weighted by molar-refractivity contribution is 0.415. The van der Waals surface area contributed by atoms with Gasteiger partial charge in [0.2, 0.25) is 0 Å². The van der Waals surface area contributed by atoms with Crippen LogP contribution in [0.5, 0.6) is 5.75 Å². The van der Waals surface area contributed by atoms with E-state index in [2.05, 4.69) is 47.7 Å². The number of rotatable bonds is 4. The van der Waals surface area contributed by atoms with Gasteiger partial charge in [-0.25, -0.2) is 9.97 Å². The topological polar surface area (TPSA) is 47.0 Å². The number of aryl methyl sites for hydroxylation is 2. The molecule has 0 radical (unpaired) electrons. The smallest absolute Gasteiger partial charge is 0.190 e. The number of ether oxygens (including phenoxy) is 1. The van der Waals surface area contributed by atoms with Crippen LogP contribution in [0.3, 0.4) is 0 Å². The van der Waals surface area contributed by atoms with Crippen molar-refractivity contribution in [3.05, 3.63) is 52.9 Å². The molecule has 0 fully saturated rings. The molecule has 0 saturated carbocycles. The summed E-state index contributed by atoms with van der Waals surface area (Å²) in [4.78, 5) is 9.32. The minimum atomic E-state index is 0.815. The number of hydrogen-bond donors (Lipinski definition) is 1. The average molecular weight is 367 g/mol. The molecule has 4 rings (SSSR count). The van der Waals surface area contributed by atoms with E-state index in [1.807, 2.05) is 18.2 Å². The molecule has 1 N–H and O–H groups in total. The van der Waals surface area contributed by atoms with Crippen molar-refractivity contribution in [1.29, 1.82) is 0 Å². The summed E-state index contributed by atoms with van der Waals surface area (Å²) in [5.41, 5.74) is 5.62. The van der Waals surface area contributed by atoms with Gasteiger partial charge in [-0.05, 0) is 43.2 Å². The van der Waals surface area contributed by atoms with Crippen molar-refractivity contribution in [2.24, 2.45) is 0 Å². The third kappa shape index (κ3) is 3.23. The van der Waals surface area contributed by atoms with Crippen molar-refractivity contribution in [3.63, 3.8) is 0 Å². The average Bonchev–Trinajstić information content (AvgIpc) is 3.23. The Morgan fingerprint density at radius 2 is 1.84 bits per heavy atom. The summed E-state index contributed by atoms with van der Waals surface area (Å²) in [7, 11) is 1.66. The first kappa shape index (κ1) is 16.1. The number of anilines is 2. The molecule has 0 spiro atoms. The maximum atomic E-state index is 5.25. The van der Waals surface area contributed by atoms with Crippen LogP contribution in [0.15, 0.2) is 41.8 Å². The fraction of sp³-hybridized carbons (Fsp3) is 0.158. The minimum Gasteiger partial charge on any atom is -0.497 e. The number of nitrogens with one attached hydrogen (secondary N) is 1. The molecule has 2 aromatic carbocycles. The number of aromatic nitrogens is 2. The van der Waals surface area contributed by atoms with Gasteiger partial charge in [0.05, 0.1) is 23.0 Å². The van der Waals surface area contributed by atoms with E-state index in [0.29, 0.717) is 0 Å². The molecular formula is C19H17N3OS2. The number of fused-ring (bicyclic) bond motifs is 1. The van der Waals surface area contributed by atoms with Gasteiger partial charge in [0, 0.05) is 17.0 Å². The molecule has 4 nitrogen and oxygen atoms in total. The van der Waals surface area contributed by atoms with E-state index in [4.69, 9.17) is 9.72 Å². The molecular weight excluding hydrogens is 350 g/mol. The van der Waals surface area contributed by atoms with E-state index in [1.54, 1.807) is 29.8 Å². The predicted octanol–water partition coefficient (Wildman–Crippen LogP) is 5.79. The van der Waals surface area contributed by atoms with Crippen LogP contribution in [0.25, 0.3) is 21.5 Å². The summed E-state index contributed by atoms with van der Waals surface area (Å²) in [6.45, 7) is 4.25. The lowest BCUT2D eigenvalue weighted by Gasteiger charge is -2.02. The van der Waals surface area contributed by atoms with Crippen LogP contribution < -0.4 is 10.1 Å². The van der Waals surface area contributed by atoms with E-state index >= 15 is 0 Å². The second-order valence-corrected chi connectivity index (χ2v) is 7.70. The van der Waals surface area contributed by atoms with Gasteiger partial charge in [-0.2, -0.15) is 0 Å². The van der Waals surface area contributed by atoms with Crippen molar-refractivity contribution in [1.82, 2.24) is 9.97 Å². The molecule has 25 heavy (non-hydrogen) atoms. The SMILES string of the molecule is COc1ccc2sc(Nc3nc(-c4ccc(C)c(C)c4)cs3)nc2c1. The van der Waals surface area contributed by atoms with Crippen molar-refractivity contribution < 1.29 is 4.74 Å². The number of methoxy groups -OCH3 is 1. The van der Waals surface area contributed by atoms with Crippen LogP contribution >= 0.6 is 22.7 Å². The van der Waals surface area contributed by atoms with E-state index < -0.39 is 0 Å². The first-order valence-corrected chi connectivity index (χ1v) is 9.57. The lowest BCUT2D eigenvalue weighted by Crippen LogP contribution is -1.89. The fourth-order valence-corrected chi connectivity index (χ4v) is 4.17. The number of nitrogens with zero attached hydrogens (tertiary/aromatic N) is 2. The highest BCUT2D eigenvalue weighted by Gasteiger charge is 2.09. The maximum Gasteiger partial charge on any atom is 0.190 e. The minimum absolute atomic E-state index is 0.815. The standard InChI is InChI=1S/C19H17N3OS2/c1-11-4-5-13(8-12(11)2)16-10-24-18(21-16)22-19-20-15-9-14(23-3)6-7-17(15)25-19/h4-10H,1-3H3,(H,20,21,22). The highest BCUT2D eigenvalue weighted by atomic mass is 32.1. The van der Waals surface area contributed by atoms with Gasteiger partial charge in [-0.3, -0.25) is 0 Å². The molecule has 0 atom stereocenters. The molecule has 4 aromatic rings. The van der Waals surface area contributed by atoms with Gasteiger partial charge >= 0.3 is 0 Å². The summed E-state index contributed by atoms with van der Waals surface area (Å²) in [6, 6.07) is 12.4. The summed E-state index contributed by atoms with van der Waals surface area (Å²) in [6.07, 6.45) is 0. The van der Waals surface area contributed by atoms with Crippen LogP contribution in [0.4, 0.5) is 10.3 Å². The zero-order valence-electron chi connectivity index (χ0n) is 14.2. The first-order chi connectivity index (χ1) is 12.1. The number of hydrogen-bond acceptors (Lipinski definition) is 6. The Balaban J connectivity index is 1.59. The van der Waals surface area contributed by atoms with Crippen LogP contribution in [-0.4, -0.2) is 17.1 Å². The van der Waals surface area contributed by atoms with E-state index in [-0.39, 0.29) is 0 Å². The van der Waals surface area contributed by atoms with Crippen LogP contribution in [-0.2, 0) is 0 Å². The molecule has 0 saturated heterocycles. The van der Waals surface area contributed by atoms with Crippen LogP contribution in [0, 0.1) is 13.8 Å². The van der Waals surface area contributed by atoms with Crippen LogP contribution in [0.1, 0.15) is 11.1 Å². The van der Waals surface area contributed by atoms with Gasteiger partial charge in [-0.15, -0.1) is 11.3 Å². The largest absolute Gasteiger partial charge is 0.497 e. The molecule has 126 valence electrons. The number of benzene rings is 2. The monoisotopic (exact) mass is 367 g/mol. The Morgan fingerprint density at radius 1 is 0.960 bits per heavy atom. The lowest BCUT2D eigenvalue weighted by atomic mass is 10.1. The van der Waals surface area contributed by atoms with Gasteiger partial charge < -0.3 is 10.1 Å². The van der Waals surface area contributed by atoms with E-state index in [9.17, 15) is 0 Å². The van der Waals surface area contributed by atoms with Crippen molar-refractivity contribution in [3.8, 4) is 17.0 Å². The Hall–Kier alpha value is -2.44. The van der Waals surface area contributed by atoms with Gasteiger partial charge in [0.25, 0.3) is 0 Å².